The number of rotatable bonds is 2. The van der Waals surface area contributed by atoms with E-state index in [1.54, 1.807) is 11.8 Å². The summed E-state index contributed by atoms with van der Waals surface area (Å²) >= 11 is 7.35. The lowest BCUT2D eigenvalue weighted by atomic mass is 10.2. The Morgan fingerprint density at radius 2 is 2.00 bits per heavy atom. The van der Waals surface area contributed by atoms with Gasteiger partial charge in [-0.25, -0.2) is 18.4 Å². The highest BCUT2D eigenvalue weighted by atomic mass is 35.5. The van der Waals surface area contributed by atoms with Crippen LogP contribution in [0.1, 0.15) is 13.8 Å². The van der Waals surface area contributed by atoms with Gasteiger partial charge in [-0.3, -0.25) is 0 Å². The summed E-state index contributed by atoms with van der Waals surface area (Å²) in [7, 11) is -3.52. The first kappa shape index (κ1) is 14.0. The van der Waals surface area contributed by atoms with Gasteiger partial charge in [0.1, 0.15) is 4.90 Å². The number of sulfonamides is 1. The van der Waals surface area contributed by atoms with Crippen LogP contribution in [0.5, 0.6) is 0 Å². The summed E-state index contributed by atoms with van der Waals surface area (Å²) in [5.74, 6) is 0.805. The highest BCUT2D eigenvalue weighted by Gasteiger charge is 2.35. The number of halogens is 1. The summed E-state index contributed by atoms with van der Waals surface area (Å²) in [5.41, 5.74) is 0. The van der Waals surface area contributed by atoms with Gasteiger partial charge in [-0.15, -0.1) is 0 Å². The minimum atomic E-state index is -3.52. The molecule has 2 heterocycles. The molecule has 0 saturated carbocycles. The van der Waals surface area contributed by atoms with Crippen LogP contribution in [0.15, 0.2) is 17.3 Å². The maximum Gasteiger partial charge on any atom is 0.246 e. The van der Waals surface area contributed by atoms with Crippen LogP contribution in [-0.4, -0.2) is 46.3 Å². The van der Waals surface area contributed by atoms with Gasteiger partial charge >= 0.3 is 0 Å². The number of thioether (sulfide) groups is 1. The van der Waals surface area contributed by atoms with Crippen LogP contribution in [0.25, 0.3) is 0 Å². The number of hydrogen-bond donors (Lipinski definition) is 0. The van der Waals surface area contributed by atoms with Crippen LogP contribution in [0.3, 0.4) is 0 Å². The van der Waals surface area contributed by atoms with Gasteiger partial charge in [-0.05, 0) is 18.5 Å². The van der Waals surface area contributed by atoms with E-state index in [2.05, 4.69) is 9.97 Å². The Hall–Kier alpha value is -0.370. The second-order valence-corrected chi connectivity index (χ2v) is 7.83. The third-order valence-corrected chi connectivity index (χ3v) is 6.50. The lowest BCUT2D eigenvalue weighted by Crippen LogP contribution is -2.47. The van der Waals surface area contributed by atoms with Crippen molar-refractivity contribution in [2.75, 3.05) is 12.3 Å². The summed E-state index contributed by atoms with van der Waals surface area (Å²) in [6, 6.07) is -0.0376. The van der Waals surface area contributed by atoms with Crippen molar-refractivity contribution in [1.29, 1.82) is 0 Å². The molecular formula is C10H14ClN3O2S2. The second kappa shape index (κ2) is 5.32. The lowest BCUT2D eigenvalue weighted by molar-refractivity contribution is 0.340. The van der Waals surface area contributed by atoms with Gasteiger partial charge in [0.25, 0.3) is 0 Å². The summed E-state index contributed by atoms with van der Waals surface area (Å²) in [6.07, 6.45) is 2.51. The number of hydrogen-bond acceptors (Lipinski definition) is 5. The van der Waals surface area contributed by atoms with Crippen molar-refractivity contribution >= 4 is 33.4 Å². The predicted molar refractivity (Wildman–Crippen MR) is 72.3 cm³/mol. The highest BCUT2D eigenvalue weighted by molar-refractivity contribution is 8.00. The van der Waals surface area contributed by atoms with Crippen molar-refractivity contribution in [2.45, 2.75) is 30.0 Å². The average Bonchev–Trinajstić information content (AvgIpc) is 2.33. The first-order valence-electron chi connectivity index (χ1n) is 5.54. The molecule has 1 aromatic rings. The van der Waals surface area contributed by atoms with Gasteiger partial charge in [0.15, 0.2) is 0 Å². The molecule has 1 fully saturated rings. The van der Waals surface area contributed by atoms with Crippen molar-refractivity contribution in [3.05, 3.63) is 17.7 Å². The normalized spacial score (nSPS) is 26.2. The Bertz CT molecular complexity index is 520. The van der Waals surface area contributed by atoms with Crippen molar-refractivity contribution in [3.63, 3.8) is 0 Å². The first-order chi connectivity index (χ1) is 8.43. The van der Waals surface area contributed by atoms with Crippen LogP contribution >= 0.6 is 23.4 Å². The van der Waals surface area contributed by atoms with E-state index < -0.39 is 10.0 Å². The van der Waals surface area contributed by atoms with E-state index in [1.165, 1.54) is 16.7 Å². The average molecular weight is 308 g/mol. The predicted octanol–water partition coefficient (Wildman–Crippen LogP) is 1.64. The van der Waals surface area contributed by atoms with Crippen molar-refractivity contribution in [2.24, 2.45) is 0 Å². The third-order valence-electron chi connectivity index (χ3n) is 3.03. The van der Waals surface area contributed by atoms with E-state index in [9.17, 15) is 8.42 Å². The summed E-state index contributed by atoms with van der Waals surface area (Å²) in [6.45, 7) is 4.47. The summed E-state index contributed by atoms with van der Waals surface area (Å²) < 4.78 is 26.4. The molecular weight excluding hydrogens is 294 g/mol. The van der Waals surface area contributed by atoms with Gasteiger partial charge in [0, 0.05) is 23.6 Å². The standard InChI is InChI=1S/C10H14ClN3O2S2/c1-7-8(2)17-4-3-14(7)18(15,16)9-5-12-10(11)13-6-9/h5-8H,3-4H2,1-2H3. The Kier molecular flexibility index (Phi) is 4.15. The Morgan fingerprint density at radius 1 is 1.39 bits per heavy atom. The quantitative estimate of drug-likeness (QED) is 0.777. The smallest absolute Gasteiger partial charge is 0.225 e. The molecule has 18 heavy (non-hydrogen) atoms. The number of aromatic nitrogens is 2. The molecule has 8 heteroatoms. The molecule has 2 rings (SSSR count). The molecule has 0 amide bonds. The fraction of sp³-hybridized carbons (Fsp3) is 0.600. The Labute approximate surface area is 116 Å². The number of nitrogens with zero attached hydrogens (tertiary/aromatic N) is 3. The largest absolute Gasteiger partial charge is 0.246 e. The second-order valence-electron chi connectivity index (χ2n) is 4.12. The van der Waals surface area contributed by atoms with Gasteiger partial charge in [0.05, 0.1) is 12.4 Å². The van der Waals surface area contributed by atoms with E-state index >= 15 is 0 Å². The first-order valence-corrected chi connectivity index (χ1v) is 8.40. The van der Waals surface area contributed by atoms with Gasteiger partial charge < -0.3 is 0 Å². The zero-order valence-electron chi connectivity index (χ0n) is 10.1. The van der Waals surface area contributed by atoms with Crippen molar-refractivity contribution in [3.8, 4) is 0 Å². The molecule has 0 bridgehead atoms. The van der Waals surface area contributed by atoms with Gasteiger partial charge in [-0.1, -0.05) is 6.92 Å². The van der Waals surface area contributed by atoms with Crippen molar-refractivity contribution < 1.29 is 8.42 Å². The minimum absolute atomic E-state index is 0.0376. The fourth-order valence-electron chi connectivity index (χ4n) is 1.81. The SMILES string of the molecule is CC1SCCN(S(=O)(=O)c2cnc(Cl)nc2)C1C. The Balaban J connectivity index is 2.33. The third kappa shape index (κ3) is 2.64. The van der Waals surface area contributed by atoms with Crippen molar-refractivity contribution in [1.82, 2.24) is 14.3 Å². The van der Waals surface area contributed by atoms with E-state index in [-0.39, 0.29) is 21.5 Å². The highest BCUT2D eigenvalue weighted by Crippen LogP contribution is 2.28. The molecule has 100 valence electrons. The van der Waals surface area contributed by atoms with Crippen LogP contribution in [0.4, 0.5) is 0 Å². The van der Waals surface area contributed by atoms with Gasteiger partial charge in [0.2, 0.25) is 15.3 Å². The molecule has 1 aromatic heterocycles. The maximum atomic E-state index is 12.4. The van der Waals surface area contributed by atoms with Crippen LogP contribution in [0.2, 0.25) is 5.28 Å². The lowest BCUT2D eigenvalue weighted by Gasteiger charge is -2.36. The maximum absolute atomic E-state index is 12.4. The molecule has 1 saturated heterocycles. The van der Waals surface area contributed by atoms with Crippen LogP contribution in [-0.2, 0) is 10.0 Å². The molecule has 0 aliphatic carbocycles. The van der Waals surface area contributed by atoms with Gasteiger partial charge in [-0.2, -0.15) is 16.1 Å². The molecule has 1 aliphatic heterocycles. The zero-order chi connectivity index (χ0) is 13.3. The fourth-order valence-corrected chi connectivity index (χ4v) is 4.80. The molecule has 0 aromatic carbocycles. The Morgan fingerprint density at radius 3 is 2.61 bits per heavy atom. The van der Waals surface area contributed by atoms with E-state index in [0.29, 0.717) is 6.54 Å². The summed E-state index contributed by atoms with van der Waals surface area (Å²) in [4.78, 5) is 7.55. The molecule has 0 radical (unpaired) electrons. The van der Waals surface area contributed by atoms with Crippen LogP contribution < -0.4 is 0 Å². The summed E-state index contributed by atoms with van der Waals surface area (Å²) in [5, 5.41) is 0.325. The molecule has 5 nitrogen and oxygen atoms in total. The van der Waals surface area contributed by atoms with E-state index in [1.807, 2.05) is 13.8 Å². The minimum Gasteiger partial charge on any atom is -0.225 e. The zero-order valence-corrected chi connectivity index (χ0v) is 12.5. The molecule has 0 N–H and O–H groups in total. The topological polar surface area (TPSA) is 63.2 Å². The molecule has 2 atom stereocenters. The van der Waals surface area contributed by atoms with E-state index in [0.717, 1.165) is 5.75 Å². The van der Waals surface area contributed by atoms with Crippen LogP contribution in [0, 0.1) is 0 Å². The molecule has 1 aliphatic rings. The molecule has 2 unspecified atom stereocenters. The molecule has 0 spiro atoms. The van der Waals surface area contributed by atoms with E-state index in [4.69, 9.17) is 11.6 Å². The monoisotopic (exact) mass is 307 g/mol.